The van der Waals surface area contributed by atoms with Gasteiger partial charge in [-0.3, -0.25) is 4.90 Å². The highest BCUT2D eigenvalue weighted by Gasteiger charge is 2.38. The Labute approximate surface area is 73.9 Å². The van der Waals surface area contributed by atoms with Gasteiger partial charge in [0.15, 0.2) is 0 Å². The predicted octanol–water partition coefficient (Wildman–Crippen LogP) is 0.875. The van der Waals surface area contributed by atoms with Crippen molar-refractivity contribution in [3.63, 3.8) is 0 Å². The van der Waals surface area contributed by atoms with Gasteiger partial charge in [-0.05, 0) is 31.2 Å². The molecule has 0 aromatic carbocycles. The van der Waals surface area contributed by atoms with Crippen molar-refractivity contribution in [3.05, 3.63) is 12.7 Å². The predicted molar refractivity (Wildman–Crippen MR) is 48.9 cm³/mol. The Morgan fingerprint density at radius 3 is 2.92 bits per heavy atom. The minimum absolute atomic E-state index is 0.334. The Morgan fingerprint density at radius 1 is 1.58 bits per heavy atom. The smallest absolute Gasteiger partial charge is 0.0586 e. The van der Waals surface area contributed by atoms with Crippen LogP contribution in [-0.2, 0) is 0 Å². The van der Waals surface area contributed by atoms with Crippen molar-refractivity contribution in [1.29, 1.82) is 0 Å². The topological polar surface area (TPSA) is 23.5 Å². The summed E-state index contributed by atoms with van der Waals surface area (Å²) < 4.78 is 0. The van der Waals surface area contributed by atoms with Crippen LogP contribution in [0.2, 0.25) is 0 Å². The van der Waals surface area contributed by atoms with Crippen LogP contribution in [-0.4, -0.2) is 35.7 Å². The fourth-order valence-corrected chi connectivity index (χ4v) is 2.64. The highest BCUT2D eigenvalue weighted by molar-refractivity contribution is 4.98. The van der Waals surface area contributed by atoms with Crippen molar-refractivity contribution >= 4 is 0 Å². The summed E-state index contributed by atoms with van der Waals surface area (Å²) in [6.45, 7) is 6.50. The lowest BCUT2D eigenvalue weighted by Crippen LogP contribution is -2.54. The van der Waals surface area contributed by atoms with Gasteiger partial charge in [0.1, 0.15) is 0 Å². The van der Waals surface area contributed by atoms with Crippen LogP contribution < -0.4 is 0 Å². The van der Waals surface area contributed by atoms with Crippen LogP contribution in [0.1, 0.15) is 12.8 Å². The second kappa shape index (κ2) is 3.19. The van der Waals surface area contributed by atoms with Crippen LogP contribution in [0.15, 0.2) is 12.7 Å². The van der Waals surface area contributed by atoms with Gasteiger partial charge < -0.3 is 5.11 Å². The monoisotopic (exact) mass is 167 g/mol. The van der Waals surface area contributed by atoms with Gasteiger partial charge in [-0.25, -0.2) is 0 Å². The Balaban J connectivity index is 2.05. The number of fused-ring (bicyclic) bond motifs is 3. The SMILES string of the molecule is C=C[C@H]1CN2CC[C@@H]1C[C@@H]2CO. The van der Waals surface area contributed by atoms with E-state index in [-0.39, 0.29) is 0 Å². The summed E-state index contributed by atoms with van der Waals surface area (Å²) in [4.78, 5) is 2.41. The van der Waals surface area contributed by atoms with E-state index < -0.39 is 0 Å². The molecule has 1 unspecified atom stereocenters. The third kappa shape index (κ3) is 1.19. The van der Waals surface area contributed by atoms with Crippen LogP contribution in [0.25, 0.3) is 0 Å². The summed E-state index contributed by atoms with van der Waals surface area (Å²) in [6, 6.07) is 0.444. The van der Waals surface area contributed by atoms with Gasteiger partial charge in [0.25, 0.3) is 0 Å². The van der Waals surface area contributed by atoms with Crippen LogP contribution >= 0.6 is 0 Å². The van der Waals surface area contributed by atoms with E-state index >= 15 is 0 Å². The zero-order chi connectivity index (χ0) is 8.55. The summed E-state index contributed by atoms with van der Waals surface area (Å²) in [5.74, 6) is 1.48. The van der Waals surface area contributed by atoms with Crippen molar-refractivity contribution in [3.8, 4) is 0 Å². The van der Waals surface area contributed by atoms with Crippen molar-refractivity contribution < 1.29 is 5.11 Å². The molecule has 2 heteroatoms. The average Bonchev–Trinajstić information content (AvgIpc) is 2.18. The standard InChI is InChI=1S/C10H17NO/c1-2-8-6-11-4-3-9(8)5-10(11)7-12/h2,8-10,12H,1,3-7H2/t8-,9+,10+/m0/s1. The molecule has 3 aliphatic heterocycles. The van der Waals surface area contributed by atoms with E-state index in [0.29, 0.717) is 18.6 Å². The van der Waals surface area contributed by atoms with E-state index in [9.17, 15) is 0 Å². The minimum atomic E-state index is 0.334. The molecule has 0 radical (unpaired) electrons. The lowest BCUT2D eigenvalue weighted by Gasteiger charge is -2.48. The van der Waals surface area contributed by atoms with E-state index in [1.807, 2.05) is 0 Å². The number of piperidine rings is 3. The molecular formula is C10H17NO. The van der Waals surface area contributed by atoms with Gasteiger partial charge >= 0.3 is 0 Å². The molecule has 3 rings (SSSR count). The van der Waals surface area contributed by atoms with E-state index in [2.05, 4.69) is 17.6 Å². The van der Waals surface area contributed by atoms with Crippen molar-refractivity contribution in [1.82, 2.24) is 4.90 Å². The van der Waals surface area contributed by atoms with Crippen LogP contribution in [0, 0.1) is 11.8 Å². The number of aliphatic hydroxyl groups is 1. The van der Waals surface area contributed by atoms with Crippen LogP contribution in [0.5, 0.6) is 0 Å². The van der Waals surface area contributed by atoms with E-state index in [0.717, 1.165) is 12.5 Å². The first-order valence-electron chi connectivity index (χ1n) is 4.82. The molecule has 0 amide bonds. The molecular weight excluding hydrogens is 150 g/mol. The molecule has 68 valence electrons. The van der Waals surface area contributed by atoms with E-state index in [1.165, 1.54) is 19.4 Å². The summed E-state index contributed by atoms with van der Waals surface area (Å²) in [7, 11) is 0. The second-order valence-corrected chi connectivity index (χ2v) is 4.02. The van der Waals surface area contributed by atoms with Crippen molar-refractivity contribution in [2.75, 3.05) is 19.7 Å². The third-order valence-corrected chi connectivity index (χ3v) is 3.44. The zero-order valence-electron chi connectivity index (χ0n) is 7.45. The first-order valence-corrected chi connectivity index (χ1v) is 4.82. The third-order valence-electron chi connectivity index (χ3n) is 3.44. The Hall–Kier alpha value is -0.340. The lowest BCUT2D eigenvalue weighted by atomic mass is 9.76. The van der Waals surface area contributed by atoms with Crippen LogP contribution in [0.3, 0.4) is 0 Å². The molecule has 3 heterocycles. The Bertz CT molecular complexity index is 181. The molecule has 3 saturated heterocycles. The summed E-state index contributed by atoms with van der Waals surface area (Å²) in [5.41, 5.74) is 0. The van der Waals surface area contributed by atoms with Gasteiger partial charge in [-0.15, -0.1) is 6.58 Å². The molecule has 1 N–H and O–H groups in total. The molecule has 2 bridgehead atoms. The summed E-state index contributed by atoms with van der Waals surface area (Å²) in [5, 5.41) is 9.10. The molecule has 0 spiro atoms. The molecule has 0 saturated carbocycles. The molecule has 0 aliphatic carbocycles. The fraction of sp³-hybridized carbons (Fsp3) is 0.800. The molecule has 0 aromatic rings. The first kappa shape index (κ1) is 8.27. The lowest BCUT2D eigenvalue weighted by molar-refractivity contribution is -0.00631. The molecule has 2 nitrogen and oxygen atoms in total. The normalized spacial score (nSPS) is 46.1. The zero-order valence-corrected chi connectivity index (χ0v) is 7.45. The largest absolute Gasteiger partial charge is 0.395 e. The van der Waals surface area contributed by atoms with E-state index in [4.69, 9.17) is 5.11 Å². The van der Waals surface area contributed by atoms with Crippen molar-refractivity contribution in [2.24, 2.45) is 11.8 Å². The molecule has 3 aliphatic rings. The van der Waals surface area contributed by atoms with Gasteiger partial charge in [0.05, 0.1) is 6.61 Å². The molecule has 12 heavy (non-hydrogen) atoms. The quantitative estimate of drug-likeness (QED) is 0.617. The van der Waals surface area contributed by atoms with Crippen LogP contribution in [0.4, 0.5) is 0 Å². The summed E-state index contributed by atoms with van der Waals surface area (Å²) >= 11 is 0. The maximum atomic E-state index is 9.10. The first-order chi connectivity index (χ1) is 5.85. The van der Waals surface area contributed by atoms with Gasteiger partial charge in [-0.1, -0.05) is 6.08 Å². The van der Waals surface area contributed by atoms with Gasteiger partial charge in [0, 0.05) is 12.6 Å². The van der Waals surface area contributed by atoms with Crippen molar-refractivity contribution in [2.45, 2.75) is 18.9 Å². The minimum Gasteiger partial charge on any atom is -0.395 e. The molecule has 4 atom stereocenters. The number of rotatable bonds is 2. The highest BCUT2D eigenvalue weighted by atomic mass is 16.3. The highest BCUT2D eigenvalue weighted by Crippen LogP contribution is 2.36. The van der Waals surface area contributed by atoms with Gasteiger partial charge in [-0.2, -0.15) is 0 Å². The maximum Gasteiger partial charge on any atom is 0.0586 e. The molecule has 3 fully saturated rings. The number of aliphatic hydroxyl groups excluding tert-OH is 1. The number of hydrogen-bond acceptors (Lipinski definition) is 2. The maximum absolute atomic E-state index is 9.10. The van der Waals surface area contributed by atoms with E-state index in [1.54, 1.807) is 0 Å². The Morgan fingerprint density at radius 2 is 2.42 bits per heavy atom. The molecule has 0 aromatic heterocycles. The average molecular weight is 167 g/mol. The Kier molecular flexibility index (Phi) is 2.20. The van der Waals surface area contributed by atoms with Gasteiger partial charge in [0.2, 0.25) is 0 Å². The second-order valence-electron chi connectivity index (χ2n) is 4.02. The fourth-order valence-electron chi connectivity index (χ4n) is 2.64. The summed E-state index contributed by atoms with van der Waals surface area (Å²) in [6.07, 6.45) is 4.56. The number of hydrogen-bond donors (Lipinski definition) is 1. The number of nitrogens with zero attached hydrogens (tertiary/aromatic N) is 1.